The second kappa shape index (κ2) is 6.36. The van der Waals surface area contributed by atoms with Gasteiger partial charge in [0.1, 0.15) is 5.75 Å². The van der Waals surface area contributed by atoms with E-state index in [0.29, 0.717) is 12.3 Å². The normalized spacial score (nSPS) is 20.2. The molecule has 1 aliphatic heterocycles. The van der Waals surface area contributed by atoms with Crippen molar-refractivity contribution in [3.63, 3.8) is 0 Å². The quantitative estimate of drug-likeness (QED) is 0.842. The first kappa shape index (κ1) is 14.3. The van der Waals surface area contributed by atoms with E-state index in [1.807, 2.05) is 0 Å². The Balaban J connectivity index is 1.99. The Hall–Kier alpha value is -1.11. The van der Waals surface area contributed by atoms with E-state index in [9.17, 15) is 8.42 Å². The van der Waals surface area contributed by atoms with Crippen molar-refractivity contribution in [2.45, 2.75) is 24.6 Å². The van der Waals surface area contributed by atoms with E-state index in [1.54, 1.807) is 31.4 Å². The number of sulfonamides is 1. The van der Waals surface area contributed by atoms with Gasteiger partial charge in [0.2, 0.25) is 10.0 Å². The zero-order valence-corrected chi connectivity index (χ0v) is 11.9. The van der Waals surface area contributed by atoms with Gasteiger partial charge in [0.25, 0.3) is 0 Å². The van der Waals surface area contributed by atoms with E-state index in [-0.39, 0.29) is 11.8 Å². The van der Waals surface area contributed by atoms with Crippen LogP contribution in [-0.2, 0) is 15.8 Å². The molecule has 1 aliphatic rings. The maximum atomic E-state index is 12.1. The molecule has 5 nitrogen and oxygen atoms in total. The van der Waals surface area contributed by atoms with E-state index in [1.165, 1.54) is 0 Å². The fourth-order valence-electron chi connectivity index (χ4n) is 2.23. The lowest BCUT2D eigenvalue weighted by Crippen LogP contribution is -2.45. The highest BCUT2D eigenvalue weighted by Crippen LogP contribution is 2.15. The minimum Gasteiger partial charge on any atom is -0.497 e. The molecule has 2 N–H and O–H groups in total. The van der Waals surface area contributed by atoms with Crippen molar-refractivity contribution in [1.82, 2.24) is 10.0 Å². The molecule has 0 saturated carbocycles. The lowest BCUT2D eigenvalue weighted by atomic mass is 10.1. The van der Waals surface area contributed by atoms with Crippen LogP contribution in [0.5, 0.6) is 5.75 Å². The molecule has 2 rings (SSSR count). The van der Waals surface area contributed by atoms with Crippen LogP contribution in [0.25, 0.3) is 0 Å². The second-order valence-electron chi connectivity index (χ2n) is 4.77. The van der Waals surface area contributed by atoms with Crippen LogP contribution in [0, 0.1) is 0 Å². The highest BCUT2D eigenvalue weighted by Gasteiger charge is 2.20. The molecule has 1 aromatic rings. The number of benzene rings is 1. The lowest BCUT2D eigenvalue weighted by Gasteiger charge is -2.23. The molecule has 1 heterocycles. The highest BCUT2D eigenvalue weighted by molar-refractivity contribution is 7.88. The largest absolute Gasteiger partial charge is 0.497 e. The number of hydrogen-bond donors (Lipinski definition) is 2. The zero-order chi connectivity index (χ0) is 13.7. The third kappa shape index (κ3) is 4.49. The van der Waals surface area contributed by atoms with E-state index in [4.69, 9.17) is 4.74 Å². The van der Waals surface area contributed by atoms with Gasteiger partial charge in [0.15, 0.2) is 0 Å². The van der Waals surface area contributed by atoms with Crippen LogP contribution in [0.2, 0.25) is 0 Å². The van der Waals surface area contributed by atoms with Crippen LogP contribution in [0.3, 0.4) is 0 Å². The van der Waals surface area contributed by atoms with Crippen molar-refractivity contribution >= 4 is 10.0 Å². The van der Waals surface area contributed by atoms with Crippen molar-refractivity contribution in [3.05, 3.63) is 29.8 Å². The first-order chi connectivity index (χ1) is 9.09. The van der Waals surface area contributed by atoms with Crippen LogP contribution in [0.15, 0.2) is 24.3 Å². The number of ether oxygens (including phenoxy) is 1. The predicted octanol–water partition coefficient (Wildman–Crippen LogP) is 0.867. The molecule has 0 aliphatic carbocycles. The molecule has 1 saturated heterocycles. The van der Waals surface area contributed by atoms with Crippen molar-refractivity contribution in [2.75, 3.05) is 20.2 Å². The van der Waals surface area contributed by atoms with Gasteiger partial charge >= 0.3 is 0 Å². The first-order valence-electron chi connectivity index (χ1n) is 6.43. The van der Waals surface area contributed by atoms with Gasteiger partial charge in [-0.15, -0.1) is 0 Å². The van der Waals surface area contributed by atoms with Gasteiger partial charge in [-0.2, -0.15) is 0 Å². The van der Waals surface area contributed by atoms with Crippen LogP contribution in [-0.4, -0.2) is 34.7 Å². The van der Waals surface area contributed by atoms with E-state index >= 15 is 0 Å². The Morgan fingerprint density at radius 2 is 2.32 bits per heavy atom. The molecular formula is C13H20N2O3S. The molecule has 1 atom stereocenters. The van der Waals surface area contributed by atoms with Crippen LogP contribution in [0.4, 0.5) is 0 Å². The Morgan fingerprint density at radius 1 is 1.47 bits per heavy atom. The predicted molar refractivity (Wildman–Crippen MR) is 74.6 cm³/mol. The number of piperidine rings is 1. The molecule has 0 radical (unpaired) electrons. The summed E-state index contributed by atoms with van der Waals surface area (Å²) in [4.78, 5) is 0. The Bertz CT molecular complexity index is 510. The van der Waals surface area contributed by atoms with E-state index < -0.39 is 10.0 Å². The Labute approximate surface area is 114 Å². The third-order valence-electron chi connectivity index (χ3n) is 3.13. The zero-order valence-electron chi connectivity index (χ0n) is 11.1. The summed E-state index contributed by atoms with van der Waals surface area (Å²) in [7, 11) is -1.74. The van der Waals surface area contributed by atoms with Crippen molar-refractivity contribution in [2.24, 2.45) is 0 Å². The van der Waals surface area contributed by atoms with E-state index in [0.717, 1.165) is 24.9 Å². The number of hydrogen-bond acceptors (Lipinski definition) is 4. The van der Waals surface area contributed by atoms with Crippen molar-refractivity contribution < 1.29 is 13.2 Å². The minimum atomic E-state index is -3.30. The molecule has 0 bridgehead atoms. The molecule has 106 valence electrons. The smallest absolute Gasteiger partial charge is 0.216 e. The molecular weight excluding hydrogens is 264 g/mol. The Morgan fingerprint density at radius 3 is 3.00 bits per heavy atom. The summed E-state index contributed by atoms with van der Waals surface area (Å²) in [6.45, 7) is 1.67. The molecule has 0 spiro atoms. The molecule has 0 amide bonds. The summed E-state index contributed by atoms with van der Waals surface area (Å²) in [6, 6.07) is 7.14. The first-order valence-corrected chi connectivity index (χ1v) is 8.08. The average molecular weight is 284 g/mol. The van der Waals surface area contributed by atoms with Gasteiger partial charge in [-0.3, -0.25) is 0 Å². The second-order valence-corrected chi connectivity index (χ2v) is 6.53. The molecule has 0 aromatic heterocycles. The standard InChI is InChI=1S/C13H20N2O3S/c1-18-13-6-2-4-11(8-13)10-19(16,17)15-12-5-3-7-14-9-12/h2,4,6,8,12,14-15H,3,5,7,9-10H2,1H3. The molecule has 19 heavy (non-hydrogen) atoms. The molecule has 1 unspecified atom stereocenters. The molecule has 6 heteroatoms. The van der Waals surface area contributed by atoms with Crippen molar-refractivity contribution in [1.29, 1.82) is 0 Å². The SMILES string of the molecule is COc1cccc(CS(=O)(=O)NC2CCCNC2)c1. The number of nitrogens with one attached hydrogen (secondary N) is 2. The van der Waals surface area contributed by atoms with Gasteiger partial charge in [-0.05, 0) is 37.1 Å². The topological polar surface area (TPSA) is 67.4 Å². The van der Waals surface area contributed by atoms with Crippen LogP contribution >= 0.6 is 0 Å². The van der Waals surface area contributed by atoms with Gasteiger partial charge in [0, 0.05) is 12.6 Å². The lowest BCUT2D eigenvalue weighted by molar-refractivity contribution is 0.414. The summed E-state index contributed by atoms with van der Waals surface area (Å²) in [5.41, 5.74) is 0.732. The number of rotatable bonds is 5. The molecule has 1 fully saturated rings. The Kier molecular flexibility index (Phi) is 4.79. The summed E-state index contributed by atoms with van der Waals surface area (Å²) >= 11 is 0. The fraction of sp³-hybridized carbons (Fsp3) is 0.538. The van der Waals surface area contributed by atoms with Gasteiger partial charge < -0.3 is 10.1 Å². The minimum absolute atomic E-state index is 0.00403. The summed E-state index contributed by atoms with van der Waals surface area (Å²) in [6.07, 6.45) is 1.90. The number of methoxy groups -OCH3 is 1. The maximum Gasteiger partial charge on any atom is 0.216 e. The van der Waals surface area contributed by atoms with Gasteiger partial charge in [-0.1, -0.05) is 12.1 Å². The monoisotopic (exact) mass is 284 g/mol. The summed E-state index contributed by atoms with van der Waals surface area (Å²) in [5, 5.41) is 3.19. The van der Waals surface area contributed by atoms with Crippen LogP contribution < -0.4 is 14.8 Å². The van der Waals surface area contributed by atoms with E-state index in [2.05, 4.69) is 10.0 Å². The van der Waals surface area contributed by atoms with Gasteiger partial charge in [0.05, 0.1) is 12.9 Å². The average Bonchev–Trinajstić information content (AvgIpc) is 2.39. The molecule has 1 aromatic carbocycles. The summed E-state index contributed by atoms with van der Waals surface area (Å²) in [5.74, 6) is 0.660. The van der Waals surface area contributed by atoms with Gasteiger partial charge in [-0.25, -0.2) is 13.1 Å². The highest BCUT2D eigenvalue weighted by atomic mass is 32.2. The van der Waals surface area contributed by atoms with Crippen molar-refractivity contribution in [3.8, 4) is 5.75 Å². The third-order valence-corrected chi connectivity index (χ3v) is 4.54. The summed E-state index contributed by atoms with van der Waals surface area (Å²) < 4.78 is 32.0. The van der Waals surface area contributed by atoms with Crippen LogP contribution in [0.1, 0.15) is 18.4 Å². The maximum absolute atomic E-state index is 12.1. The fourth-order valence-corrected chi connectivity index (χ4v) is 3.64.